The fourth-order valence-electron chi connectivity index (χ4n) is 5.02. The minimum atomic E-state index is -0.665. The van der Waals surface area contributed by atoms with Gasteiger partial charge in [0.15, 0.2) is 5.82 Å². The highest BCUT2D eigenvalue weighted by molar-refractivity contribution is 6.00. The molecule has 3 aromatic rings. The summed E-state index contributed by atoms with van der Waals surface area (Å²) in [7, 11) is 1.71. The van der Waals surface area contributed by atoms with Gasteiger partial charge in [0.25, 0.3) is 5.91 Å². The van der Waals surface area contributed by atoms with Gasteiger partial charge in [0.2, 0.25) is 5.91 Å². The molecule has 0 aliphatic heterocycles. The SMILES string of the molecule is Cc1n[nH]c(C)c1-c1ccc(NC(=O)[C@@H](NC(=O)c2ccnn2C)C(C2CC2)C2(C)CC2)nn1. The van der Waals surface area contributed by atoms with Gasteiger partial charge in [0.05, 0.1) is 11.4 Å². The van der Waals surface area contributed by atoms with Crippen molar-refractivity contribution in [3.63, 3.8) is 0 Å². The van der Waals surface area contributed by atoms with Crippen LogP contribution in [-0.2, 0) is 11.8 Å². The number of amides is 2. The Kier molecular flexibility index (Phi) is 5.45. The third-order valence-electron chi connectivity index (χ3n) is 7.26. The van der Waals surface area contributed by atoms with E-state index in [1.165, 1.54) is 4.68 Å². The summed E-state index contributed by atoms with van der Waals surface area (Å²) in [4.78, 5) is 26.6. The summed E-state index contributed by atoms with van der Waals surface area (Å²) in [6.45, 7) is 6.05. The van der Waals surface area contributed by atoms with Gasteiger partial charge < -0.3 is 10.6 Å². The summed E-state index contributed by atoms with van der Waals surface area (Å²) in [6.07, 6.45) is 5.88. The lowest BCUT2D eigenvalue weighted by atomic mass is 9.80. The molecule has 0 radical (unpaired) electrons. The number of anilines is 1. The van der Waals surface area contributed by atoms with Crippen molar-refractivity contribution < 1.29 is 9.59 Å². The minimum Gasteiger partial charge on any atom is -0.339 e. The molecule has 2 fully saturated rings. The van der Waals surface area contributed by atoms with Gasteiger partial charge in [-0.1, -0.05) is 6.92 Å². The quantitative estimate of drug-likeness (QED) is 0.472. The van der Waals surface area contributed by atoms with E-state index >= 15 is 0 Å². The van der Waals surface area contributed by atoms with Crippen molar-refractivity contribution in [1.29, 1.82) is 0 Å². The van der Waals surface area contributed by atoms with Crippen LogP contribution in [0.25, 0.3) is 11.3 Å². The average Bonchev–Trinajstić information content (AvgIpc) is 3.71. The van der Waals surface area contributed by atoms with Crippen LogP contribution < -0.4 is 10.6 Å². The number of aryl methyl sites for hydroxylation is 3. The second-order valence-electron chi connectivity index (χ2n) is 9.91. The number of carbonyl (C=O) groups is 2. The lowest BCUT2D eigenvalue weighted by molar-refractivity contribution is -0.120. The highest BCUT2D eigenvalue weighted by Crippen LogP contribution is 2.60. The predicted octanol–water partition coefficient (Wildman–Crippen LogP) is 2.78. The molecule has 0 spiro atoms. The van der Waals surface area contributed by atoms with E-state index in [9.17, 15) is 9.59 Å². The minimum absolute atomic E-state index is 0.0643. The molecule has 2 aliphatic rings. The maximum Gasteiger partial charge on any atom is 0.270 e. The van der Waals surface area contributed by atoms with Gasteiger partial charge in [-0.2, -0.15) is 10.2 Å². The molecule has 3 aromatic heterocycles. The van der Waals surface area contributed by atoms with Crippen LogP contribution >= 0.6 is 0 Å². The van der Waals surface area contributed by atoms with E-state index < -0.39 is 6.04 Å². The standard InChI is InChI=1S/C24H30N8O2/c1-13-19(14(2)29-28-13)16-7-8-18(31-30-16)26-23(34)21(20(15-5-6-15)24(3)10-11-24)27-22(33)17-9-12-25-32(17)4/h7-9,12,15,20-21H,5-6,10-11H2,1-4H3,(H,27,33)(H,28,29)(H,26,31,34)/t20?,21-/m0/s1. The Morgan fingerprint density at radius 2 is 1.94 bits per heavy atom. The van der Waals surface area contributed by atoms with Crippen LogP contribution in [0.5, 0.6) is 0 Å². The van der Waals surface area contributed by atoms with Crippen LogP contribution in [-0.4, -0.2) is 48.0 Å². The van der Waals surface area contributed by atoms with E-state index in [-0.39, 0.29) is 23.1 Å². The number of hydrogen-bond acceptors (Lipinski definition) is 6. The Bertz CT molecular complexity index is 1200. The summed E-state index contributed by atoms with van der Waals surface area (Å²) in [6, 6.07) is 4.54. The molecule has 10 nitrogen and oxygen atoms in total. The molecule has 2 saturated carbocycles. The fraction of sp³-hybridized carbons (Fsp3) is 0.500. The molecule has 2 aliphatic carbocycles. The molecule has 178 valence electrons. The molecule has 1 unspecified atom stereocenters. The third-order valence-corrected chi connectivity index (χ3v) is 7.26. The second kappa shape index (κ2) is 8.34. The zero-order chi connectivity index (χ0) is 24.0. The van der Waals surface area contributed by atoms with Gasteiger partial charge in [-0.3, -0.25) is 19.4 Å². The summed E-state index contributed by atoms with van der Waals surface area (Å²) < 4.78 is 1.51. The lowest BCUT2D eigenvalue weighted by Crippen LogP contribution is -2.51. The van der Waals surface area contributed by atoms with Gasteiger partial charge in [-0.05, 0) is 75.0 Å². The number of aromatic amines is 1. The summed E-state index contributed by atoms with van der Waals surface area (Å²) in [5, 5.41) is 25.7. The van der Waals surface area contributed by atoms with Crippen molar-refractivity contribution in [3.8, 4) is 11.3 Å². The fourth-order valence-corrected chi connectivity index (χ4v) is 5.02. The van der Waals surface area contributed by atoms with E-state index in [2.05, 4.69) is 43.1 Å². The number of rotatable bonds is 8. The first-order valence-electron chi connectivity index (χ1n) is 11.7. The zero-order valence-corrected chi connectivity index (χ0v) is 19.9. The molecule has 0 aromatic carbocycles. The van der Waals surface area contributed by atoms with Crippen molar-refractivity contribution in [2.24, 2.45) is 24.3 Å². The Hall–Kier alpha value is -3.56. The molecule has 2 atom stereocenters. The third kappa shape index (κ3) is 4.20. The molecule has 10 heteroatoms. The topological polar surface area (TPSA) is 130 Å². The van der Waals surface area contributed by atoms with Gasteiger partial charge in [-0.15, -0.1) is 10.2 Å². The summed E-state index contributed by atoms with van der Waals surface area (Å²) in [5.41, 5.74) is 3.82. The van der Waals surface area contributed by atoms with Crippen molar-refractivity contribution in [3.05, 3.63) is 41.5 Å². The monoisotopic (exact) mass is 462 g/mol. The maximum atomic E-state index is 13.5. The molecular formula is C24H30N8O2. The summed E-state index contributed by atoms with van der Waals surface area (Å²) in [5.74, 6) is 0.298. The number of hydrogen-bond donors (Lipinski definition) is 3. The van der Waals surface area contributed by atoms with Crippen LogP contribution in [0.2, 0.25) is 0 Å². The van der Waals surface area contributed by atoms with E-state index in [0.717, 1.165) is 42.6 Å². The lowest BCUT2D eigenvalue weighted by Gasteiger charge is -2.32. The first-order chi connectivity index (χ1) is 16.3. The largest absolute Gasteiger partial charge is 0.339 e. The van der Waals surface area contributed by atoms with Crippen LogP contribution in [0.1, 0.15) is 54.5 Å². The van der Waals surface area contributed by atoms with Gasteiger partial charge >= 0.3 is 0 Å². The van der Waals surface area contributed by atoms with E-state index in [4.69, 9.17) is 0 Å². The molecule has 5 rings (SSSR count). The first-order valence-corrected chi connectivity index (χ1v) is 11.7. The summed E-state index contributed by atoms with van der Waals surface area (Å²) >= 11 is 0. The maximum absolute atomic E-state index is 13.5. The predicted molar refractivity (Wildman–Crippen MR) is 126 cm³/mol. The Morgan fingerprint density at radius 3 is 2.47 bits per heavy atom. The first kappa shape index (κ1) is 22.2. The van der Waals surface area contributed by atoms with Crippen LogP contribution in [0.4, 0.5) is 5.82 Å². The van der Waals surface area contributed by atoms with Crippen molar-refractivity contribution >= 4 is 17.6 Å². The number of aromatic nitrogens is 6. The number of carbonyl (C=O) groups excluding carboxylic acids is 2. The molecule has 0 saturated heterocycles. The highest BCUT2D eigenvalue weighted by Gasteiger charge is 2.55. The second-order valence-corrected chi connectivity index (χ2v) is 9.91. The molecule has 2 amide bonds. The molecule has 34 heavy (non-hydrogen) atoms. The zero-order valence-electron chi connectivity index (χ0n) is 19.9. The number of H-pyrrole nitrogens is 1. The molecular weight excluding hydrogens is 432 g/mol. The van der Waals surface area contributed by atoms with Crippen molar-refractivity contribution in [2.45, 2.75) is 52.5 Å². The Morgan fingerprint density at radius 1 is 1.18 bits per heavy atom. The van der Waals surface area contributed by atoms with Gasteiger partial charge in [-0.25, -0.2) is 0 Å². The van der Waals surface area contributed by atoms with E-state index in [1.807, 2.05) is 19.9 Å². The number of nitrogens with zero attached hydrogens (tertiary/aromatic N) is 5. The number of nitrogens with one attached hydrogen (secondary N) is 3. The van der Waals surface area contributed by atoms with Crippen LogP contribution in [0.3, 0.4) is 0 Å². The van der Waals surface area contributed by atoms with Crippen LogP contribution in [0.15, 0.2) is 24.4 Å². The Labute approximate surface area is 197 Å². The average molecular weight is 463 g/mol. The van der Waals surface area contributed by atoms with Gasteiger partial charge in [0, 0.05) is 24.5 Å². The highest BCUT2D eigenvalue weighted by atomic mass is 16.2. The van der Waals surface area contributed by atoms with Crippen LogP contribution in [0, 0.1) is 31.1 Å². The molecule has 0 bridgehead atoms. The van der Waals surface area contributed by atoms with Gasteiger partial charge in [0.1, 0.15) is 11.7 Å². The van der Waals surface area contributed by atoms with E-state index in [0.29, 0.717) is 23.1 Å². The molecule has 3 N–H and O–H groups in total. The smallest absolute Gasteiger partial charge is 0.270 e. The van der Waals surface area contributed by atoms with Crippen molar-refractivity contribution in [1.82, 2.24) is 35.5 Å². The molecule has 3 heterocycles. The normalized spacial score (nSPS) is 18.2. The van der Waals surface area contributed by atoms with E-state index in [1.54, 1.807) is 25.4 Å². The Balaban J connectivity index is 1.38. The van der Waals surface area contributed by atoms with Crippen molar-refractivity contribution in [2.75, 3.05) is 5.32 Å².